The van der Waals surface area contributed by atoms with Crippen molar-refractivity contribution in [1.82, 2.24) is 0 Å². The topological polar surface area (TPSA) is 120 Å². The van der Waals surface area contributed by atoms with Gasteiger partial charge in [-0.3, -0.25) is 0 Å². The van der Waals surface area contributed by atoms with Crippen LogP contribution in [-0.2, 0) is 79.5 Å². The van der Waals surface area contributed by atoms with Gasteiger partial charge in [-0.1, -0.05) is 383 Å². The molecule has 0 radical (unpaired) electrons. The monoisotopic (exact) mass is 2310 g/mol. The molecule has 1 aliphatic heterocycles. The van der Waals surface area contributed by atoms with E-state index in [0.29, 0.717) is 79.3 Å². The van der Waals surface area contributed by atoms with Crippen LogP contribution in [0.1, 0.15) is 233 Å². The molecule has 12 aromatic carbocycles. The third-order valence-electron chi connectivity index (χ3n) is 25.0. The van der Waals surface area contributed by atoms with E-state index in [-0.39, 0.29) is 21.7 Å². The lowest BCUT2D eigenvalue weighted by atomic mass is 9.66. The van der Waals surface area contributed by atoms with Gasteiger partial charge in [0.25, 0.3) is 0 Å². The van der Waals surface area contributed by atoms with Gasteiger partial charge in [0, 0.05) is 174 Å². The van der Waals surface area contributed by atoms with Crippen molar-refractivity contribution in [3.63, 3.8) is 0 Å². The minimum Gasteiger partial charge on any atom is -0.381 e. The Bertz CT molecular complexity index is 4530. The zero-order chi connectivity index (χ0) is 102. The van der Waals surface area contributed by atoms with Crippen molar-refractivity contribution in [2.45, 2.75) is 206 Å². The lowest BCUT2D eigenvalue weighted by Crippen LogP contribution is -2.46. The van der Waals surface area contributed by atoms with Crippen LogP contribution in [0.25, 0.3) is 0 Å². The third-order valence-corrected chi connectivity index (χ3v) is 37.9. The first-order valence-electron chi connectivity index (χ1n) is 51.2. The van der Waals surface area contributed by atoms with Crippen molar-refractivity contribution >= 4 is 112 Å². The van der Waals surface area contributed by atoms with Crippen molar-refractivity contribution in [1.29, 1.82) is 0 Å². The lowest BCUT2D eigenvalue weighted by Gasteiger charge is -2.37. The van der Waals surface area contributed by atoms with Gasteiger partial charge in [0.2, 0.25) is 0 Å². The average molecular weight is 2320 g/mol. The smallest absolute Gasteiger partial charge is 0.381 e. The van der Waals surface area contributed by atoms with E-state index in [1.165, 1.54) is 79.6 Å². The maximum atomic E-state index is 6.11. The molecule has 0 aromatic heterocycles. The van der Waals surface area contributed by atoms with Gasteiger partial charge in [0.1, 0.15) is 0 Å². The van der Waals surface area contributed by atoms with Gasteiger partial charge in [-0.15, -0.1) is 6.58 Å². The van der Waals surface area contributed by atoms with E-state index >= 15 is 0 Å². The van der Waals surface area contributed by atoms with Crippen LogP contribution in [-0.4, -0.2) is 128 Å². The molecule has 766 valence electrons. The summed E-state index contributed by atoms with van der Waals surface area (Å²) in [5.74, 6) is 0. The summed E-state index contributed by atoms with van der Waals surface area (Å²) in [6.45, 7) is 37.5. The van der Waals surface area contributed by atoms with Crippen LogP contribution >= 0.6 is 76.0 Å². The van der Waals surface area contributed by atoms with Gasteiger partial charge in [-0.2, -0.15) is 0 Å². The number of allylic oxidation sites excluding steroid dienone is 1. The number of rotatable bonds is 54. The average Bonchev–Trinajstić information content (AvgIpc) is 0.786. The van der Waals surface area contributed by atoms with Crippen molar-refractivity contribution in [2.24, 2.45) is 0 Å². The third kappa shape index (κ3) is 37.4. The first-order chi connectivity index (χ1) is 69.5. The highest BCUT2D eigenvalue weighted by atomic mass is 80.9. The molecule has 1 aliphatic rings. The quantitative estimate of drug-likeness (QED) is 0.0156. The van der Waals surface area contributed by atoms with E-state index in [1.54, 1.807) is 0 Å². The van der Waals surface area contributed by atoms with Gasteiger partial charge in [0.05, 0.1) is 0 Å². The van der Waals surface area contributed by atoms with Gasteiger partial charge in [-0.05, 0) is 250 Å². The maximum absolute atomic E-state index is 6.11. The highest BCUT2D eigenvalue weighted by Crippen LogP contribution is 2.49. The zero-order valence-corrected chi connectivity index (χ0v) is 98.3. The molecule has 1 heterocycles. The summed E-state index contributed by atoms with van der Waals surface area (Å²) >= 11 is 16.4. The largest absolute Gasteiger partial charge is 0.500 e. The second-order valence-corrected chi connectivity index (χ2v) is 46.3. The van der Waals surface area contributed by atoms with E-state index in [4.69, 9.17) is 57.8 Å². The molecule has 0 amide bonds. The molecule has 0 atom stereocenters. The second kappa shape index (κ2) is 70.1. The van der Waals surface area contributed by atoms with E-state index in [1.807, 2.05) is 89.2 Å². The van der Waals surface area contributed by atoms with Crippen LogP contribution in [0.15, 0.2) is 372 Å². The molecule has 0 unspecified atom stereocenters. The molecular weight excluding hydrogens is 2160 g/mol. The van der Waals surface area contributed by atoms with Crippen molar-refractivity contribution < 1.29 is 57.8 Å². The molecule has 0 saturated carbocycles. The Balaban J connectivity index is 0.000000245. The molecule has 0 N–H and O–H groups in total. The number of benzene rings is 12. The highest BCUT2D eigenvalue weighted by Gasteiger charge is 2.46. The predicted molar refractivity (Wildman–Crippen MR) is 617 cm³/mol. The SMILES string of the molecule is BrBr.C1CCOC1.C=CCCC(c1ccccc1)(c1ccccc1)c1ccccc1.CCO[SiH](OCC)OCC.CCO[Si](CCCCC(c1ccc(Br)cc1)(c1ccc(Br)cc1)c1ccc(Br)cc1)(OCC)OCC.CCO[Si](CCCCC(c1ccccc1)(c1ccccc1)c1ccccc1)(OCC)OCC.CCO[Si](CCCCC(c1ccccc1)(c1ccccc1)c1ccccc1)(OCC)OCC. The Morgan fingerprint density at radius 1 is 0.246 bits per heavy atom. The number of ether oxygens (including phenoxy) is 1. The molecule has 0 spiro atoms. The number of hydrogen-bond acceptors (Lipinski definition) is 13. The maximum Gasteiger partial charge on any atom is 0.500 e. The molecular formula is C120H157Br5O13Si4. The first kappa shape index (κ1) is 122. The fraction of sp³-hybridized carbons (Fsp3) is 0.383. The summed E-state index contributed by atoms with van der Waals surface area (Å²) in [5.41, 5.74) is 14.9. The Morgan fingerprint density at radius 3 is 0.563 bits per heavy atom. The van der Waals surface area contributed by atoms with Crippen LogP contribution < -0.4 is 0 Å². The number of hydrogen-bond donors (Lipinski definition) is 0. The Hall–Kier alpha value is -6.87. The fourth-order valence-electron chi connectivity index (χ4n) is 19.0. The first-order valence-corrected chi connectivity index (χ1v) is 64.5. The Kier molecular flexibility index (Phi) is 60.3. The lowest BCUT2D eigenvalue weighted by molar-refractivity contribution is 0.0698. The summed E-state index contributed by atoms with van der Waals surface area (Å²) < 4.78 is 78.7. The van der Waals surface area contributed by atoms with E-state index in [9.17, 15) is 0 Å². The van der Waals surface area contributed by atoms with Gasteiger partial charge >= 0.3 is 35.9 Å². The number of unbranched alkanes of at least 4 members (excludes halogenated alkanes) is 3. The summed E-state index contributed by atoms with van der Waals surface area (Å²) in [7, 11) is -9.66. The van der Waals surface area contributed by atoms with Crippen molar-refractivity contribution in [2.75, 3.05) is 92.5 Å². The van der Waals surface area contributed by atoms with Crippen LogP contribution in [0.5, 0.6) is 0 Å². The summed E-state index contributed by atoms with van der Waals surface area (Å²) in [6.07, 6.45) is 15.6. The molecule has 1 saturated heterocycles. The minimum atomic E-state index is -2.67. The fourth-order valence-corrected chi connectivity index (χ4v) is 29.0. The molecule has 22 heteroatoms. The molecule has 13 nitrogen and oxygen atoms in total. The Labute approximate surface area is 899 Å². The van der Waals surface area contributed by atoms with Gasteiger partial charge < -0.3 is 57.8 Å². The molecule has 12 aromatic rings. The van der Waals surface area contributed by atoms with Crippen LogP contribution in [0.4, 0.5) is 0 Å². The van der Waals surface area contributed by atoms with Crippen molar-refractivity contribution in [3.8, 4) is 0 Å². The van der Waals surface area contributed by atoms with Crippen LogP contribution in [0.3, 0.4) is 0 Å². The van der Waals surface area contributed by atoms with E-state index in [2.05, 4.69) is 428 Å². The predicted octanol–water partition coefficient (Wildman–Crippen LogP) is 33.3. The Morgan fingerprint density at radius 2 is 0.415 bits per heavy atom. The standard InChI is InChI=1S/C29H35Br3O3Si.2C29H38O3Si.C23H22.C6H16O3Si.C4H8O.Br2/c1-4-33-36(34-5-2,35-6-3)22-8-7-21-29(23-9-15-26(30)16-10-23,24-11-17-27(31)18-12-24)25-13-19-28(32)20-14-25;2*1-4-30-33(31-5-2,32-6-3)25-17-16-24-29(26-18-10-7-11-19-26,27-20-12-8-13-21-27)28-22-14-9-15-23-28;1-2-3-19-23(20-13-7-4-8-14-20,21-15-9-5-10-16-21)22-17-11-6-12-18-22;1-4-7-10(8-5-2)9-6-3;1-2-4-5-3-1;1-2/h9-20H,4-8,21-22H2,1-3H3;2*7-15,18-23H,4-6,16-17,24-25H2,1-3H3;2,4-18H,1,3,19H2;10H,4-6H2,1-3H3;1-4H2;. The van der Waals surface area contributed by atoms with Crippen molar-refractivity contribution in [3.05, 3.63) is 439 Å². The molecule has 0 bridgehead atoms. The van der Waals surface area contributed by atoms with E-state index in [0.717, 1.165) is 115 Å². The molecule has 1 fully saturated rings. The highest BCUT2D eigenvalue weighted by molar-refractivity contribution is 9.93. The summed E-state index contributed by atoms with van der Waals surface area (Å²) in [5, 5.41) is 0. The minimum absolute atomic E-state index is 0.141. The zero-order valence-electron chi connectivity index (χ0n) is 86.2. The molecule has 13 rings (SSSR count). The number of halogens is 5. The summed E-state index contributed by atoms with van der Waals surface area (Å²) in [6, 6.07) is 127. The molecule has 0 aliphatic carbocycles. The summed E-state index contributed by atoms with van der Waals surface area (Å²) in [4.78, 5) is 0. The second-order valence-electron chi connectivity index (χ2n) is 33.8. The van der Waals surface area contributed by atoms with Crippen LogP contribution in [0.2, 0.25) is 18.1 Å². The molecule has 142 heavy (non-hydrogen) atoms. The van der Waals surface area contributed by atoms with Crippen LogP contribution in [0, 0.1) is 0 Å². The van der Waals surface area contributed by atoms with Gasteiger partial charge in [0.15, 0.2) is 0 Å². The van der Waals surface area contributed by atoms with Gasteiger partial charge in [-0.25, -0.2) is 0 Å². The van der Waals surface area contributed by atoms with E-state index < -0.39 is 35.9 Å². The normalized spacial score (nSPS) is 12.2.